The first kappa shape index (κ1) is 11.0. The molecule has 1 aromatic carbocycles. The van der Waals surface area contributed by atoms with Gasteiger partial charge in [-0.2, -0.15) is 0 Å². The molecule has 0 saturated heterocycles. The zero-order chi connectivity index (χ0) is 10.8. The van der Waals surface area contributed by atoms with E-state index in [-0.39, 0.29) is 5.82 Å². The van der Waals surface area contributed by atoms with Crippen molar-refractivity contribution in [2.24, 2.45) is 0 Å². The molecule has 14 heavy (non-hydrogen) atoms. The van der Waals surface area contributed by atoms with Crippen LogP contribution >= 0.6 is 0 Å². The zero-order valence-electron chi connectivity index (χ0n) is 8.76. The minimum atomic E-state index is -0.763. The van der Waals surface area contributed by atoms with Crippen LogP contribution in [0.5, 0.6) is 0 Å². The molecule has 0 aliphatic carbocycles. The highest BCUT2D eigenvalue weighted by Crippen LogP contribution is 2.16. The van der Waals surface area contributed by atoms with E-state index < -0.39 is 5.60 Å². The van der Waals surface area contributed by atoms with Crippen molar-refractivity contribution < 1.29 is 9.50 Å². The van der Waals surface area contributed by atoms with Crippen molar-refractivity contribution in [1.82, 2.24) is 0 Å². The van der Waals surface area contributed by atoms with Gasteiger partial charge in [0, 0.05) is 12.2 Å². The van der Waals surface area contributed by atoms with Crippen molar-refractivity contribution in [1.29, 1.82) is 0 Å². The molecule has 0 atom stereocenters. The van der Waals surface area contributed by atoms with E-state index in [0.717, 1.165) is 11.3 Å². The van der Waals surface area contributed by atoms with Gasteiger partial charge >= 0.3 is 0 Å². The monoisotopic (exact) mass is 197 g/mol. The lowest BCUT2D eigenvalue weighted by molar-refractivity contribution is 0.0945. The molecule has 3 heteroatoms. The molecule has 0 aromatic heterocycles. The second-order valence-corrected chi connectivity index (χ2v) is 4.13. The Morgan fingerprint density at radius 3 is 2.57 bits per heavy atom. The number of aryl methyl sites for hydroxylation is 1. The molecule has 0 fully saturated rings. The maximum atomic E-state index is 12.7. The summed E-state index contributed by atoms with van der Waals surface area (Å²) >= 11 is 0. The van der Waals surface area contributed by atoms with Crippen LogP contribution in [0.15, 0.2) is 18.2 Å². The van der Waals surface area contributed by atoms with Crippen molar-refractivity contribution in [2.45, 2.75) is 26.4 Å². The number of rotatable bonds is 3. The Bertz CT molecular complexity index is 318. The number of anilines is 1. The van der Waals surface area contributed by atoms with E-state index >= 15 is 0 Å². The molecular formula is C11H16FNO. The zero-order valence-corrected chi connectivity index (χ0v) is 8.76. The van der Waals surface area contributed by atoms with E-state index in [1.165, 1.54) is 12.1 Å². The van der Waals surface area contributed by atoms with Crippen molar-refractivity contribution in [3.8, 4) is 0 Å². The topological polar surface area (TPSA) is 32.3 Å². The van der Waals surface area contributed by atoms with Gasteiger partial charge in [0.15, 0.2) is 0 Å². The first-order chi connectivity index (χ1) is 6.38. The quantitative estimate of drug-likeness (QED) is 0.779. The minimum absolute atomic E-state index is 0.240. The smallest absolute Gasteiger partial charge is 0.123 e. The Balaban J connectivity index is 2.68. The van der Waals surface area contributed by atoms with Gasteiger partial charge in [0.2, 0.25) is 0 Å². The highest BCUT2D eigenvalue weighted by atomic mass is 19.1. The first-order valence-corrected chi connectivity index (χ1v) is 4.61. The second-order valence-electron chi connectivity index (χ2n) is 4.13. The van der Waals surface area contributed by atoms with Crippen LogP contribution in [-0.4, -0.2) is 17.3 Å². The predicted octanol–water partition coefficient (Wildman–Crippen LogP) is 2.32. The lowest BCUT2D eigenvalue weighted by Gasteiger charge is -2.19. The summed E-state index contributed by atoms with van der Waals surface area (Å²) in [7, 11) is 0. The minimum Gasteiger partial charge on any atom is -0.389 e. The Labute approximate surface area is 83.8 Å². The van der Waals surface area contributed by atoms with Gasteiger partial charge in [0.25, 0.3) is 0 Å². The van der Waals surface area contributed by atoms with E-state index in [2.05, 4.69) is 5.32 Å². The summed E-state index contributed by atoms with van der Waals surface area (Å²) in [6.45, 7) is 5.72. The second kappa shape index (κ2) is 3.96. The van der Waals surface area contributed by atoms with Crippen molar-refractivity contribution in [3.05, 3.63) is 29.6 Å². The fraction of sp³-hybridized carbons (Fsp3) is 0.455. The summed E-state index contributed by atoms with van der Waals surface area (Å²) in [4.78, 5) is 0. The van der Waals surface area contributed by atoms with Crippen LogP contribution in [0.25, 0.3) is 0 Å². The standard InChI is InChI=1S/C11H16FNO/c1-8-6-9(12)4-5-10(8)13-7-11(2,3)14/h4-6,13-14H,7H2,1-3H3. The van der Waals surface area contributed by atoms with Gasteiger partial charge in [-0.3, -0.25) is 0 Å². The molecule has 0 saturated carbocycles. The van der Waals surface area contributed by atoms with Crippen LogP contribution in [-0.2, 0) is 0 Å². The molecule has 0 spiro atoms. The van der Waals surface area contributed by atoms with Crippen molar-refractivity contribution in [3.63, 3.8) is 0 Å². The molecule has 0 amide bonds. The molecule has 1 aromatic rings. The number of nitrogens with one attached hydrogen (secondary N) is 1. The van der Waals surface area contributed by atoms with Crippen LogP contribution in [0.1, 0.15) is 19.4 Å². The Kier molecular flexibility index (Phi) is 3.11. The van der Waals surface area contributed by atoms with Crippen LogP contribution in [0.3, 0.4) is 0 Å². The van der Waals surface area contributed by atoms with Gasteiger partial charge in [-0.05, 0) is 44.5 Å². The van der Waals surface area contributed by atoms with Crippen LogP contribution in [0.4, 0.5) is 10.1 Å². The molecular weight excluding hydrogens is 181 g/mol. The summed E-state index contributed by atoms with van der Waals surface area (Å²) in [6.07, 6.45) is 0. The van der Waals surface area contributed by atoms with Crippen LogP contribution in [0.2, 0.25) is 0 Å². The number of aliphatic hydroxyl groups is 1. The highest BCUT2D eigenvalue weighted by Gasteiger charge is 2.12. The molecule has 2 N–H and O–H groups in total. The number of benzene rings is 1. The Morgan fingerprint density at radius 1 is 1.43 bits per heavy atom. The lowest BCUT2D eigenvalue weighted by atomic mass is 10.1. The van der Waals surface area contributed by atoms with E-state index in [1.54, 1.807) is 19.9 Å². The maximum absolute atomic E-state index is 12.7. The third-order valence-electron chi connectivity index (χ3n) is 1.90. The Morgan fingerprint density at radius 2 is 2.07 bits per heavy atom. The number of halogens is 1. The average Bonchev–Trinajstić information content (AvgIpc) is 2.00. The van der Waals surface area contributed by atoms with Crippen molar-refractivity contribution in [2.75, 3.05) is 11.9 Å². The third-order valence-corrected chi connectivity index (χ3v) is 1.90. The summed E-state index contributed by atoms with van der Waals surface area (Å²) < 4.78 is 12.7. The number of hydrogen-bond donors (Lipinski definition) is 2. The van der Waals surface area contributed by atoms with Gasteiger partial charge in [-0.15, -0.1) is 0 Å². The molecule has 0 heterocycles. The molecule has 0 bridgehead atoms. The van der Waals surface area contributed by atoms with E-state index in [0.29, 0.717) is 6.54 Å². The van der Waals surface area contributed by atoms with Gasteiger partial charge < -0.3 is 10.4 Å². The lowest BCUT2D eigenvalue weighted by Crippen LogP contribution is -2.29. The summed E-state index contributed by atoms with van der Waals surface area (Å²) in [5.74, 6) is -0.240. The maximum Gasteiger partial charge on any atom is 0.123 e. The molecule has 78 valence electrons. The van der Waals surface area contributed by atoms with Crippen LogP contribution < -0.4 is 5.32 Å². The van der Waals surface area contributed by atoms with E-state index in [9.17, 15) is 9.50 Å². The molecule has 2 nitrogen and oxygen atoms in total. The summed E-state index contributed by atoms with van der Waals surface area (Å²) in [6, 6.07) is 4.54. The summed E-state index contributed by atoms with van der Waals surface area (Å²) in [5, 5.41) is 12.6. The molecule has 1 rings (SSSR count). The van der Waals surface area contributed by atoms with Gasteiger partial charge in [-0.1, -0.05) is 0 Å². The molecule has 0 unspecified atom stereocenters. The third kappa shape index (κ3) is 3.34. The van der Waals surface area contributed by atoms with Crippen LogP contribution in [0, 0.1) is 12.7 Å². The van der Waals surface area contributed by atoms with E-state index in [1.807, 2.05) is 6.92 Å². The van der Waals surface area contributed by atoms with Crippen molar-refractivity contribution >= 4 is 5.69 Å². The fourth-order valence-corrected chi connectivity index (χ4v) is 1.14. The summed E-state index contributed by atoms with van der Waals surface area (Å²) in [5.41, 5.74) is 0.934. The molecule has 0 radical (unpaired) electrons. The van der Waals surface area contributed by atoms with Gasteiger partial charge in [0.1, 0.15) is 5.82 Å². The first-order valence-electron chi connectivity index (χ1n) is 4.61. The largest absolute Gasteiger partial charge is 0.389 e. The fourth-order valence-electron chi connectivity index (χ4n) is 1.14. The van der Waals surface area contributed by atoms with E-state index in [4.69, 9.17) is 0 Å². The predicted molar refractivity (Wildman–Crippen MR) is 55.9 cm³/mol. The Hall–Kier alpha value is -1.09. The van der Waals surface area contributed by atoms with Gasteiger partial charge in [0.05, 0.1) is 5.60 Å². The molecule has 0 aliphatic rings. The normalized spacial score (nSPS) is 11.5. The molecule has 0 aliphatic heterocycles. The number of hydrogen-bond acceptors (Lipinski definition) is 2. The average molecular weight is 197 g/mol. The van der Waals surface area contributed by atoms with Gasteiger partial charge in [-0.25, -0.2) is 4.39 Å². The highest BCUT2D eigenvalue weighted by molar-refractivity contribution is 5.50. The SMILES string of the molecule is Cc1cc(F)ccc1NCC(C)(C)O.